The molecule has 0 saturated heterocycles. The highest BCUT2D eigenvalue weighted by Crippen LogP contribution is 2.29. The molecule has 0 saturated carbocycles. The summed E-state index contributed by atoms with van der Waals surface area (Å²) in [5, 5.41) is 0.559. The first-order chi connectivity index (χ1) is 10.7. The topological polar surface area (TPSA) is 61.0 Å². The summed E-state index contributed by atoms with van der Waals surface area (Å²) in [5.74, 6) is 0.941. The lowest BCUT2D eigenvalue weighted by Crippen LogP contribution is -2.35. The molecule has 2 heterocycles. The van der Waals surface area contributed by atoms with Crippen molar-refractivity contribution in [1.29, 1.82) is 0 Å². The van der Waals surface area contributed by atoms with Crippen molar-refractivity contribution in [3.05, 3.63) is 41.3 Å². The minimum Gasteiger partial charge on any atom is -0.490 e. The Labute approximate surface area is 143 Å². The third kappa shape index (κ3) is 5.48. The Kier molecular flexibility index (Phi) is 5.60. The summed E-state index contributed by atoms with van der Waals surface area (Å²) in [4.78, 5) is 8.63. The number of aromatic nitrogens is 2. The molecule has 0 fully saturated rings. The second-order valence-electron chi connectivity index (χ2n) is 6.79. The van der Waals surface area contributed by atoms with Crippen LogP contribution in [0.5, 0.6) is 5.75 Å². The van der Waals surface area contributed by atoms with E-state index in [2.05, 4.69) is 16.9 Å². The molecule has 1 atom stereocenters. The highest BCUT2D eigenvalue weighted by atomic mass is 35.5. The second-order valence-corrected chi connectivity index (χ2v) is 7.20. The van der Waals surface area contributed by atoms with Crippen molar-refractivity contribution in [2.45, 2.75) is 39.7 Å². The van der Waals surface area contributed by atoms with Gasteiger partial charge in [-0.2, -0.15) is 0 Å². The molecular weight excluding hydrogens is 310 g/mol. The summed E-state index contributed by atoms with van der Waals surface area (Å²) in [7, 11) is 0. The number of pyridine rings is 2. The van der Waals surface area contributed by atoms with E-state index in [0.29, 0.717) is 23.3 Å². The number of rotatable bonds is 6. The molecule has 2 aromatic heterocycles. The van der Waals surface area contributed by atoms with E-state index < -0.39 is 0 Å². The summed E-state index contributed by atoms with van der Waals surface area (Å²) in [6, 6.07) is 5.71. The SMILES string of the molecule is Cc1cc(-c2cc(Cl)c(OC[C@@H](C)CC(C)(C)N)cn2)ccn1. The van der Waals surface area contributed by atoms with Crippen LogP contribution >= 0.6 is 11.6 Å². The first kappa shape index (κ1) is 17.7. The van der Waals surface area contributed by atoms with Gasteiger partial charge in [0.2, 0.25) is 0 Å². The molecule has 0 unspecified atom stereocenters. The maximum atomic E-state index is 6.33. The van der Waals surface area contributed by atoms with E-state index in [0.717, 1.165) is 23.4 Å². The van der Waals surface area contributed by atoms with Crippen molar-refractivity contribution in [1.82, 2.24) is 9.97 Å². The minimum atomic E-state index is -0.201. The van der Waals surface area contributed by atoms with Crippen LogP contribution in [-0.2, 0) is 0 Å². The number of nitrogens with zero attached hydrogens (tertiary/aromatic N) is 2. The van der Waals surface area contributed by atoms with Crippen LogP contribution in [0.25, 0.3) is 11.3 Å². The number of hydrogen-bond acceptors (Lipinski definition) is 4. The van der Waals surface area contributed by atoms with Gasteiger partial charge in [0.15, 0.2) is 5.75 Å². The van der Waals surface area contributed by atoms with Crippen LogP contribution < -0.4 is 10.5 Å². The van der Waals surface area contributed by atoms with Crippen LogP contribution in [-0.4, -0.2) is 22.1 Å². The zero-order valence-electron chi connectivity index (χ0n) is 14.1. The van der Waals surface area contributed by atoms with E-state index in [4.69, 9.17) is 22.1 Å². The van der Waals surface area contributed by atoms with E-state index in [1.165, 1.54) is 0 Å². The Morgan fingerprint density at radius 2 is 2.04 bits per heavy atom. The number of nitrogens with two attached hydrogens (primary N) is 1. The monoisotopic (exact) mass is 333 g/mol. The third-order valence-corrected chi connectivity index (χ3v) is 3.71. The van der Waals surface area contributed by atoms with Gasteiger partial charge >= 0.3 is 0 Å². The molecule has 124 valence electrons. The fourth-order valence-electron chi connectivity index (χ4n) is 2.58. The molecule has 0 amide bonds. The lowest BCUT2D eigenvalue weighted by Gasteiger charge is -2.23. The standard InChI is InChI=1S/C18H24ClN3O/c1-12(9-18(3,4)20)11-23-17-10-22-16(8-15(17)19)14-5-6-21-13(2)7-14/h5-8,10,12H,9,11,20H2,1-4H3/t12-/m0/s1. The summed E-state index contributed by atoms with van der Waals surface area (Å²) in [5.41, 5.74) is 8.57. The normalized spacial score (nSPS) is 13.0. The Balaban J connectivity index is 2.05. The van der Waals surface area contributed by atoms with Gasteiger partial charge < -0.3 is 10.5 Å². The fraction of sp³-hybridized carbons (Fsp3) is 0.444. The summed E-state index contributed by atoms with van der Waals surface area (Å²) in [6.07, 6.45) is 4.32. The Bertz CT molecular complexity index is 668. The van der Waals surface area contributed by atoms with Crippen molar-refractivity contribution in [3.8, 4) is 17.0 Å². The highest BCUT2D eigenvalue weighted by Gasteiger charge is 2.16. The second kappa shape index (κ2) is 7.28. The lowest BCUT2D eigenvalue weighted by molar-refractivity contribution is 0.229. The van der Waals surface area contributed by atoms with Crippen LogP contribution in [0.2, 0.25) is 5.02 Å². The Morgan fingerprint density at radius 1 is 1.30 bits per heavy atom. The molecule has 2 rings (SSSR count). The largest absolute Gasteiger partial charge is 0.490 e. The van der Waals surface area contributed by atoms with Gasteiger partial charge in [0.05, 0.1) is 23.5 Å². The first-order valence-electron chi connectivity index (χ1n) is 7.75. The lowest BCUT2D eigenvalue weighted by atomic mass is 9.93. The molecular formula is C18H24ClN3O. The summed E-state index contributed by atoms with van der Waals surface area (Å²) in [6.45, 7) is 8.66. The molecule has 0 aliphatic carbocycles. The first-order valence-corrected chi connectivity index (χ1v) is 8.12. The van der Waals surface area contributed by atoms with Crippen LogP contribution in [0.4, 0.5) is 0 Å². The van der Waals surface area contributed by atoms with Crippen molar-refractivity contribution < 1.29 is 4.74 Å². The van der Waals surface area contributed by atoms with Crippen LogP contribution in [0.1, 0.15) is 32.9 Å². The van der Waals surface area contributed by atoms with E-state index in [9.17, 15) is 0 Å². The van der Waals surface area contributed by atoms with E-state index in [-0.39, 0.29) is 5.54 Å². The molecule has 0 aliphatic heterocycles. The maximum absolute atomic E-state index is 6.33. The number of ether oxygens (including phenoxy) is 1. The predicted molar refractivity (Wildman–Crippen MR) is 94.8 cm³/mol. The van der Waals surface area contributed by atoms with Gasteiger partial charge in [0.25, 0.3) is 0 Å². The Hall–Kier alpha value is -1.65. The molecule has 0 aromatic carbocycles. The molecule has 2 aromatic rings. The molecule has 0 aliphatic rings. The molecule has 23 heavy (non-hydrogen) atoms. The van der Waals surface area contributed by atoms with Gasteiger partial charge in [-0.15, -0.1) is 0 Å². The number of halogens is 1. The molecule has 5 heteroatoms. The van der Waals surface area contributed by atoms with Crippen LogP contribution in [0.3, 0.4) is 0 Å². The van der Waals surface area contributed by atoms with Crippen molar-refractivity contribution in [2.75, 3.05) is 6.61 Å². The average molecular weight is 334 g/mol. The maximum Gasteiger partial charge on any atom is 0.156 e. The van der Waals surface area contributed by atoms with Crippen molar-refractivity contribution in [3.63, 3.8) is 0 Å². The van der Waals surface area contributed by atoms with Gasteiger partial charge in [-0.1, -0.05) is 18.5 Å². The predicted octanol–water partition coefficient (Wildman–Crippen LogP) is 4.25. The third-order valence-electron chi connectivity index (χ3n) is 3.41. The zero-order valence-corrected chi connectivity index (χ0v) is 14.9. The van der Waals surface area contributed by atoms with Gasteiger partial charge in [0.1, 0.15) is 0 Å². The molecule has 0 radical (unpaired) electrons. The number of hydrogen-bond donors (Lipinski definition) is 1. The number of aryl methyl sites for hydroxylation is 1. The van der Waals surface area contributed by atoms with Crippen LogP contribution in [0, 0.1) is 12.8 Å². The molecule has 4 nitrogen and oxygen atoms in total. The summed E-state index contributed by atoms with van der Waals surface area (Å²) >= 11 is 6.33. The minimum absolute atomic E-state index is 0.201. The molecule has 2 N–H and O–H groups in total. The smallest absolute Gasteiger partial charge is 0.156 e. The van der Waals surface area contributed by atoms with Gasteiger partial charge in [-0.05, 0) is 51.3 Å². The fourth-order valence-corrected chi connectivity index (χ4v) is 2.78. The molecule has 0 spiro atoms. The Morgan fingerprint density at radius 3 is 2.65 bits per heavy atom. The highest BCUT2D eigenvalue weighted by molar-refractivity contribution is 6.32. The van der Waals surface area contributed by atoms with Gasteiger partial charge in [-0.3, -0.25) is 9.97 Å². The zero-order chi connectivity index (χ0) is 17.0. The van der Waals surface area contributed by atoms with Crippen molar-refractivity contribution >= 4 is 11.6 Å². The average Bonchev–Trinajstić information content (AvgIpc) is 2.44. The molecule has 0 bridgehead atoms. The van der Waals surface area contributed by atoms with Gasteiger partial charge in [-0.25, -0.2) is 0 Å². The summed E-state index contributed by atoms with van der Waals surface area (Å²) < 4.78 is 5.80. The van der Waals surface area contributed by atoms with Gasteiger partial charge in [0, 0.05) is 23.0 Å². The quantitative estimate of drug-likeness (QED) is 0.858. The van der Waals surface area contributed by atoms with Crippen molar-refractivity contribution in [2.24, 2.45) is 11.7 Å². The van der Waals surface area contributed by atoms with E-state index >= 15 is 0 Å². The van der Waals surface area contributed by atoms with E-state index in [1.54, 1.807) is 12.4 Å². The van der Waals surface area contributed by atoms with E-state index in [1.807, 2.05) is 39.0 Å². The van der Waals surface area contributed by atoms with Crippen LogP contribution in [0.15, 0.2) is 30.6 Å².